The molecule has 1 atom stereocenters. The van der Waals surface area contributed by atoms with Crippen molar-refractivity contribution in [3.05, 3.63) is 23.7 Å². The first-order valence-electron chi connectivity index (χ1n) is 8.48. The molecule has 3 rings (SSSR count). The molecule has 2 heterocycles. The van der Waals surface area contributed by atoms with Crippen LogP contribution in [-0.4, -0.2) is 40.3 Å². The van der Waals surface area contributed by atoms with E-state index in [4.69, 9.17) is 0 Å². The van der Waals surface area contributed by atoms with Gasteiger partial charge in [-0.1, -0.05) is 0 Å². The summed E-state index contributed by atoms with van der Waals surface area (Å²) in [5, 5.41) is 6.33. The number of aromatic nitrogens is 3. The molecule has 24 heavy (non-hydrogen) atoms. The van der Waals surface area contributed by atoms with Crippen molar-refractivity contribution in [2.45, 2.75) is 51.7 Å². The van der Waals surface area contributed by atoms with E-state index in [2.05, 4.69) is 43.0 Å². The molecule has 1 aliphatic carbocycles. The number of aryl methyl sites for hydroxylation is 2. The molecular formula is C17H25N5O2. The summed E-state index contributed by atoms with van der Waals surface area (Å²) in [6.07, 6.45) is 6.88. The number of methoxy groups -OCH3 is 1. The molecule has 1 fully saturated rings. The van der Waals surface area contributed by atoms with Crippen LogP contribution in [-0.2, 0) is 11.3 Å². The number of alkyl carbamates (subject to hydrolysis) is 1. The molecule has 1 amide bonds. The third-order valence-corrected chi connectivity index (χ3v) is 4.28. The molecule has 0 aliphatic heterocycles. The van der Waals surface area contributed by atoms with Gasteiger partial charge in [0.15, 0.2) is 5.65 Å². The molecule has 130 valence electrons. The quantitative estimate of drug-likeness (QED) is 0.761. The van der Waals surface area contributed by atoms with E-state index in [0.717, 1.165) is 29.8 Å². The van der Waals surface area contributed by atoms with Crippen LogP contribution in [0.4, 0.5) is 4.79 Å². The van der Waals surface area contributed by atoms with Gasteiger partial charge in [0.2, 0.25) is 0 Å². The summed E-state index contributed by atoms with van der Waals surface area (Å²) in [5.74, 6) is 0. The molecule has 0 spiro atoms. The van der Waals surface area contributed by atoms with Crippen molar-refractivity contribution in [2.75, 3.05) is 13.7 Å². The minimum Gasteiger partial charge on any atom is -0.453 e. The number of hydrogen-bond acceptors (Lipinski definition) is 5. The van der Waals surface area contributed by atoms with Crippen molar-refractivity contribution in [1.29, 1.82) is 0 Å². The van der Waals surface area contributed by atoms with Crippen LogP contribution >= 0.6 is 0 Å². The second-order valence-corrected chi connectivity index (χ2v) is 6.40. The van der Waals surface area contributed by atoms with Crippen LogP contribution in [0.3, 0.4) is 0 Å². The number of nitrogens with zero attached hydrogens (tertiary/aromatic N) is 3. The van der Waals surface area contributed by atoms with Crippen LogP contribution < -0.4 is 10.6 Å². The topological polar surface area (TPSA) is 81.1 Å². The van der Waals surface area contributed by atoms with Gasteiger partial charge in [0.1, 0.15) is 5.52 Å². The Bertz CT molecular complexity index is 723. The van der Waals surface area contributed by atoms with E-state index in [9.17, 15) is 4.79 Å². The zero-order valence-corrected chi connectivity index (χ0v) is 14.5. The van der Waals surface area contributed by atoms with Gasteiger partial charge in [0.25, 0.3) is 0 Å². The third-order valence-electron chi connectivity index (χ3n) is 4.28. The number of nitrogens with one attached hydrogen (secondary N) is 2. The minimum absolute atomic E-state index is 0.256. The maximum absolute atomic E-state index is 11.1. The van der Waals surface area contributed by atoms with Gasteiger partial charge < -0.3 is 19.9 Å². The monoisotopic (exact) mass is 331 g/mol. The highest BCUT2D eigenvalue weighted by molar-refractivity contribution is 5.76. The van der Waals surface area contributed by atoms with Crippen LogP contribution in [0.25, 0.3) is 11.2 Å². The lowest BCUT2D eigenvalue weighted by Crippen LogP contribution is -2.24. The molecule has 2 N–H and O–H groups in total. The van der Waals surface area contributed by atoms with E-state index in [1.807, 2.05) is 13.1 Å². The molecule has 7 heteroatoms. The van der Waals surface area contributed by atoms with E-state index < -0.39 is 6.09 Å². The third kappa shape index (κ3) is 3.84. The van der Waals surface area contributed by atoms with Crippen LogP contribution in [0.1, 0.15) is 43.5 Å². The molecule has 0 saturated heterocycles. The smallest absolute Gasteiger partial charge is 0.406 e. The van der Waals surface area contributed by atoms with Crippen LogP contribution in [0.2, 0.25) is 0 Å². The van der Waals surface area contributed by atoms with E-state index in [0.29, 0.717) is 12.6 Å². The van der Waals surface area contributed by atoms with Crippen LogP contribution in [0.15, 0.2) is 12.4 Å². The summed E-state index contributed by atoms with van der Waals surface area (Å²) >= 11 is 0. The van der Waals surface area contributed by atoms with Gasteiger partial charge in [-0.2, -0.15) is 0 Å². The van der Waals surface area contributed by atoms with E-state index in [-0.39, 0.29) is 6.04 Å². The largest absolute Gasteiger partial charge is 0.453 e. The molecular weight excluding hydrogens is 306 g/mol. The molecule has 7 nitrogen and oxygen atoms in total. The second-order valence-electron chi connectivity index (χ2n) is 6.40. The Morgan fingerprint density at radius 2 is 2.29 bits per heavy atom. The lowest BCUT2D eigenvalue weighted by molar-refractivity contribution is 0.171. The molecule has 1 unspecified atom stereocenters. The summed E-state index contributed by atoms with van der Waals surface area (Å²) < 4.78 is 6.71. The average molecular weight is 331 g/mol. The summed E-state index contributed by atoms with van der Waals surface area (Å²) in [6, 6.07) is 0.896. The van der Waals surface area contributed by atoms with Gasteiger partial charge in [-0.3, -0.25) is 4.98 Å². The molecule has 1 aliphatic rings. The van der Waals surface area contributed by atoms with Gasteiger partial charge in [-0.15, -0.1) is 0 Å². The highest BCUT2D eigenvalue weighted by Crippen LogP contribution is 2.28. The Balaban J connectivity index is 1.75. The Kier molecular flexibility index (Phi) is 4.99. The molecule has 0 bridgehead atoms. The van der Waals surface area contributed by atoms with Crippen molar-refractivity contribution in [2.24, 2.45) is 0 Å². The Morgan fingerprint density at radius 3 is 3.00 bits per heavy atom. The Hall–Kier alpha value is -2.15. The van der Waals surface area contributed by atoms with Crippen molar-refractivity contribution >= 4 is 17.3 Å². The molecule has 0 radical (unpaired) electrons. The first kappa shape index (κ1) is 16.7. The number of carbonyl (C=O) groups excluding carboxylic acids is 1. The average Bonchev–Trinajstić information content (AvgIpc) is 3.31. The van der Waals surface area contributed by atoms with Gasteiger partial charge in [-0.05, 0) is 33.1 Å². The fourth-order valence-electron chi connectivity index (χ4n) is 2.85. The fraction of sp³-hybridized carbons (Fsp3) is 0.588. The normalized spacial score (nSPS) is 15.5. The summed E-state index contributed by atoms with van der Waals surface area (Å²) in [5.41, 5.74) is 3.96. The number of hydrogen-bond donors (Lipinski definition) is 2. The first-order chi connectivity index (χ1) is 11.6. The van der Waals surface area contributed by atoms with Crippen molar-refractivity contribution in [3.63, 3.8) is 0 Å². The number of fused-ring (bicyclic) bond motifs is 1. The highest BCUT2D eigenvalue weighted by atomic mass is 16.5. The summed E-state index contributed by atoms with van der Waals surface area (Å²) in [6.45, 7) is 5.47. The Morgan fingerprint density at radius 1 is 1.50 bits per heavy atom. The standard InChI is InChI=1S/C17H25N5O2/c1-11-9-19-15-14(12(2)21-13-5-6-13)10-22(16(15)20-11)8-4-7-18-17(23)24-3/h9-10,12-13,21H,4-8H2,1-3H3,(H,18,23). The predicted molar refractivity (Wildman–Crippen MR) is 91.9 cm³/mol. The number of ether oxygens (including phenoxy) is 1. The first-order valence-corrected chi connectivity index (χ1v) is 8.48. The maximum Gasteiger partial charge on any atom is 0.406 e. The lowest BCUT2D eigenvalue weighted by atomic mass is 10.1. The molecule has 0 aromatic carbocycles. The van der Waals surface area contributed by atoms with E-state index in [1.165, 1.54) is 25.5 Å². The van der Waals surface area contributed by atoms with Crippen LogP contribution in [0.5, 0.6) is 0 Å². The maximum atomic E-state index is 11.1. The number of amides is 1. The summed E-state index contributed by atoms with van der Waals surface area (Å²) in [7, 11) is 1.37. The zero-order valence-electron chi connectivity index (χ0n) is 14.5. The number of carbonyl (C=O) groups is 1. The predicted octanol–water partition coefficient (Wildman–Crippen LogP) is 2.30. The van der Waals surface area contributed by atoms with Gasteiger partial charge in [0.05, 0.1) is 12.8 Å². The van der Waals surface area contributed by atoms with Crippen LogP contribution in [0, 0.1) is 6.92 Å². The Labute approximate surface area is 141 Å². The van der Waals surface area contributed by atoms with Gasteiger partial charge in [-0.25, -0.2) is 9.78 Å². The molecule has 2 aromatic rings. The lowest BCUT2D eigenvalue weighted by Gasteiger charge is -2.11. The SMILES string of the molecule is COC(=O)NCCCn1cc(C(C)NC2CC2)c2ncc(C)nc21. The van der Waals surface area contributed by atoms with Crippen molar-refractivity contribution in [1.82, 2.24) is 25.2 Å². The zero-order chi connectivity index (χ0) is 17.1. The van der Waals surface area contributed by atoms with Crippen molar-refractivity contribution in [3.8, 4) is 0 Å². The molecule has 2 aromatic heterocycles. The minimum atomic E-state index is -0.397. The summed E-state index contributed by atoms with van der Waals surface area (Å²) in [4.78, 5) is 20.4. The second kappa shape index (κ2) is 7.17. The molecule has 1 saturated carbocycles. The van der Waals surface area contributed by atoms with Gasteiger partial charge in [0, 0.05) is 43.1 Å². The number of rotatable bonds is 7. The van der Waals surface area contributed by atoms with Crippen molar-refractivity contribution < 1.29 is 9.53 Å². The van der Waals surface area contributed by atoms with E-state index >= 15 is 0 Å². The highest BCUT2D eigenvalue weighted by Gasteiger charge is 2.25. The fourth-order valence-corrected chi connectivity index (χ4v) is 2.85. The van der Waals surface area contributed by atoms with E-state index in [1.54, 1.807) is 0 Å². The van der Waals surface area contributed by atoms with Gasteiger partial charge >= 0.3 is 6.09 Å².